The van der Waals surface area contributed by atoms with Crippen LogP contribution in [0, 0.1) is 0 Å². The highest BCUT2D eigenvalue weighted by molar-refractivity contribution is 9.10. The van der Waals surface area contributed by atoms with Crippen LogP contribution in [-0.2, 0) is 12.2 Å². The maximum atomic E-state index is 3.58. The highest BCUT2D eigenvalue weighted by atomic mass is 79.9. The second kappa shape index (κ2) is 5.10. The Bertz CT molecular complexity index is 560. The normalized spacial score (nSPS) is 17.8. The van der Waals surface area contributed by atoms with Gasteiger partial charge in [0.15, 0.2) is 0 Å². The first-order chi connectivity index (χ1) is 8.78. The molecule has 0 aromatic heterocycles. The van der Waals surface area contributed by atoms with Crippen LogP contribution in [0.25, 0.3) is 0 Å². The van der Waals surface area contributed by atoms with Crippen molar-refractivity contribution in [2.45, 2.75) is 24.3 Å². The number of fused-ring (bicyclic) bond motifs is 1. The van der Waals surface area contributed by atoms with Gasteiger partial charge in [-0.05, 0) is 40.8 Å². The average Bonchev–Trinajstić information content (AvgIpc) is 2.82. The standard InChI is InChI=1S/C16H15BrS/c1-2-11-3-5-12(6-4-11)16-15-9-14(17)8-7-13(15)10-18-16/h3-9,16H,2,10H2,1H3. The van der Waals surface area contributed by atoms with Crippen LogP contribution < -0.4 is 0 Å². The number of hydrogen-bond donors (Lipinski definition) is 0. The summed E-state index contributed by atoms with van der Waals surface area (Å²) in [5, 5.41) is 0.503. The smallest absolute Gasteiger partial charge is 0.0553 e. The third-order valence-corrected chi connectivity index (χ3v) is 5.32. The molecule has 1 aliphatic heterocycles. The Kier molecular flexibility index (Phi) is 3.49. The van der Waals surface area contributed by atoms with Crippen LogP contribution >= 0.6 is 27.7 Å². The van der Waals surface area contributed by atoms with E-state index in [1.54, 1.807) is 0 Å². The Morgan fingerprint density at radius 3 is 2.67 bits per heavy atom. The van der Waals surface area contributed by atoms with E-state index < -0.39 is 0 Å². The minimum absolute atomic E-state index is 0.503. The van der Waals surface area contributed by atoms with Gasteiger partial charge in [0.2, 0.25) is 0 Å². The van der Waals surface area contributed by atoms with Crippen molar-refractivity contribution in [1.29, 1.82) is 0 Å². The van der Waals surface area contributed by atoms with Gasteiger partial charge >= 0.3 is 0 Å². The lowest BCUT2D eigenvalue weighted by Gasteiger charge is -2.12. The molecule has 0 aliphatic carbocycles. The van der Waals surface area contributed by atoms with Gasteiger partial charge in [0, 0.05) is 10.2 Å². The molecule has 0 N–H and O–H groups in total. The molecule has 0 bridgehead atoms. The summed E-state index contributed by atoms with van der Waals surface area (Å²) < 4.78 is 1.18. The van der Waals surface area contributed by atoms with Gasteiger partial charge in [-0.2, -0.15) is 0 Å². The van der Waals surface area contributed by atoms with E-state index in [4.69, 9.17) is 0 Å². The van der Waals surface area contributed by atoms with Crippen molar-refractivity contribution >= 4 is 27.7 Å². The zero-order valence-electron chi connectivity index (χ0n) is 10.3. The van der Waals surface area contributed by atoms with E-state index in [1.807, 2.05) is 11.8 Å². The summed E-state index contributed by atoms with van der Waals surface area (Å²) in [5.74, 6) is 1.13. The van der Waals surface area contributed by atoms with Crippen molar-refractivity contribution in [2.75, 3.05) is 0 Å². The lowest BCUT2D eigenvalue weighted by atomic mass is 9.99. The fourth-order valence-electron chi connectivity index (χ4n) is 2.41. The quantitative estimate of drug-likeness (QED) is 0.719. The number of rotatable bonds is 2. The van der Waals surface area contributed by atoms with Crippen molar-refractivity contribution in [1.82, 2.24) is 0 Å². The molecule has 0 radical (unpaired) electrons. The monoisotopic (exact) mass is 318 g/mol. The summed E-state index contributed by atoms with van der Waals surface area (Å²) in [6.07, 6.45) is 1.11. The number of benzene rings is 2. The molecular weight excluding hydrogens is 304 g/mol. The highest BCUT2D eigenvalue weighted by Crippen LogP contribution is 2.46. The van der Waals surface area contributed by atoms with Crippen LogP contribution in [0.15, 0.2) is 46.9 Å². The van der Waals surface area contributed by atoms with Gasteiger partial charge in [0.1, 0.15) is 0 Å². The molecule has 1 aliphatic rings. The molecule has 1 unspecified atom stereocenters. The topological polar surface area (TPSA) is 0 Å². The second-order valence-corrected chi connectivity index (χ2v) is 6.64. The Balaban J connectivity index is 1.97. The summed E-state index contributed by atoms with van der Waals surface area (Å²) in [5.41, 5.74) is 5.79. The fourth-order valence-corrected chi connectivity index (χ4v) is 4.14. The summed E-state index contributed by atoms with van der Waals surface area (Å²) in [6.45, 7) is 2.20. The van der Waals surface area contributed by atoms with E-state index in [1.165, 1.54) is 26.7 Å². The number of halogens is 1. The van der Waals surface area contributed by atoms with Gasteiger partial charge in [0.25, 0.3) is 0 Å². The Morgan fingerprint density at radius 1 is 1.17 bits per heavy atom. The molecule has 3 rings (SSSR count). The number of hydrogen-bond acceptors (Lipinski definition) is 1. The third kappa shape index (κ3) is 2.24. The minimum atomic E-state index is 0.503. The number of aryl methyl sites for hydroxylation is 1. The predicted molar refractivity (Wildman–Crippen MR) is 83.1 cm³/mol. The van der Waals surface area contributed by atoms with Crippen molar-refractivity contribution in [3.8, 4) is 0 Å². The Labute approximate surface area is 121 Å². The summed E-state index contributed by atoms with van der Waals surface area (Å²) in [4.78, 5) is 0. The Morgan fingerprint density at radius 2 is 1.94 bits per heavy atom. The summed E-state index contributed by atoms with van der Waals surface area (Å²) in [6, 6.07) is 15.7. The summed E-state index contributed by atoms with van der Waals surface area (Å²) in [7, 11) is 0. The van der Waals surface area contributed by atoms with Crippen LogP contribution in [0.2, 0.25) is 0 Å². The van der Waals surface area contributed by atoms with Gasteiger partial charge in [-0.25, -0.2) is 0 Å². The lowest BCUT2D eigenvalue weighted by molar-refractivity contribution is 1.11. The molecule has 0 saturated carbocycles. The zero-order valence-corrected chi connectivity index (χ0v) is 12.7. The fraction of sp³-hybridized carbons (Fsp3) is 0.250. The van der Waals surface area contributed by atoms with Crippen molar-refractivity contribution < 1.29 is 0 Å². The molecule has 0 spiro atoms. The highest BCUT2D eigenvalue weighted by Gasteiger charge is 2.24. The molecule has 2 aromatic carbocycles. The van der Waals surface area contributed by atoms with Gasteiger partial charge in [-0.15, -0.1) is 11.8 Å². The van der Waals surface area contributed by atoms with Gasteiger partial charge in [-0.3, -0.25) is 0 Å². The lowest BCUT2D eigenvalue weighted by Crippen LogP contribution is -1.93. The zero-order chi connectivity index (χ0) is 12.5. The molecule has 2 aromatic rings. The minimum Gasteiger partial charge on any atom is -0.144 e. The van der Waals surface area contributed by atoms with E-state index in [0.717, 1.165) is 12.2 Å². The van der Waals surface area contributed by atoms with Gasteiger partial charge in [-0.1, -0.05) is 53.2 Å². The maximum Gasteiger partial charge on any atom is 0.0553 e. The van der Waals surface area contributed by atoms with Crippen LogP contribution in [0.1, 0.15) is 34.4 Å². The van der Waals surface area contributed by atoms with Gasteiger partial charge in [0.05, 0.1) is 5.25 Å². The van der Waals surface area contributed by atoms with Crippen molar-refractivity contribution in [3.05, 3.63) is 69.2 Å². The van der Waals surface area contributed by atoms with E-state index in [0.29, 0.717) is 5.25 Å². The first kappa shape index (κ1) is 12.3. The average molecular weight is 319 g/mol. The SMILES string of the molecule is CCc1ccc(C2SCc3ccc(Br)cc32)cc1. The first-order valence-corrected chi connectivity index (χ1v) is 8.11. The molecule has 0 nitrogen and oxygen atoms in total. The van der Waals surface area contributed by atoms with E-state index in [9.17, 15) is 0 Å². The third-order valence-electron chi connectivity index (χ3n) is 3.49. The first-order valence-electron chi connectivity index (χ1n) is 6.26. The van der Waals surface area contributed by atoms with Crippen LogP contribution in [-0.4, -0.2) is 0 Å². The van der Waals surface area contributed by atoms with Gasteiger partial charge < -0.3 is 0 Å². The van der Waals surface area contributed by atoms with Crippen molar-refractivity contribution in [2.24, 2.45) is 0 Å². The van der Waals surface area contributed by atoms with E-state index in [2.05, 4.69) is 65.3 Å². The molecule has 2 heteroatoms. The van der Waals surface area contributed by atoms with Crippen molar-refractivity contribution in [3.63, 3.8) is 0 Å². The molecule has 0 amide bonds. The number of thioether (sulfide) groups is 1. The maximum absolute atomic E-state index is 3.58. The largest absolute Gasteiger partial charge is 0.144 e. The molecule has 1 atom stereocenters. The van der Waals surface area contributed by atoms with Crippen LogP contribution in [0.3, 0.4) is 0 Å². The molecule has 18 heavy (non-hydrogen) atoms. The second-order valence-electron chi connectivity index (χ2n) is 4.63. The predicted octanol–water partition coefficient (Wildman–Crippen LogP) is 5.35. The molecule has 1 heterocycles. The molecule has 0 fully saturated rings. The molecular formula is C16H15BrS. The molecule has 92 valence electrons. The van der Waals surface area contributed by atoms with E-state index >= 15 is 0 Å². The van der Waals surface area contributed by atoms with E-state index in [-0.39, 0.29) is 0 Å². The van der Waals surface area contributed by atoms with Crippen LogP contribution in [0.4, 0.5) is 0 Å². The molecule has 0 saturated heterocycles. The summed E-state index contributed by atoms with van der Waals surface area (Å²) >= 11 is 5.60. The van der Waals surface area contributed by atoms with Crippen LogP contribution in [0.5, 0.6) is 0 Å². The Hall–Kier alpha value is -0.730.